The highest BCUT2D eigenvalue weighted by Gasteiger charge is 2.25. The second kappa shape index (κ2) is 6.20. The molecule has 1 atom stereocenters. The molecule has 2 rings (SSSR count). The van der Waals surface area contributed by atoms with Crippen molar-refractivity contribution in [1.29, 1.82) is 0 Å². The smallest absolute Gasteiger partial charge is 0.407 e. The van der Waals surface area contributed by atoms with Crippen molar-refractivity contribution >= 4 is 17.6 Å². The number of rotatable bonds is 2. The average molecular weight is 292 g/mol. The number of nitrogens with one attached hydrogen (secondary N) is 1. The van der Waals surface area contributed by atoms with Crippen LogP contribution >= 0.6 is 0 Å². The Morgan fingerprint density at radius 1 is 1.52 bits per heavy atom. The van der Waals surface area contributed by atoms with Gasteiger partial charge in [-0.1, -0.05) is 0 Å². The molecule has 1 aromatic heterocycles. The SMILES string of the molecule is CC(C)(C)OC(=O)N[C@@H]1CCCN(c2ncccc2N)C1. The Morgan fingerprint density at radius 2 is 2.29 bits per heavy atom. The summed E-state index contributed by atoms with van der Waals surface area (Å²) >= 11 is 0. The molecule has 6 heteroatoms. The third-order valence-corrected chi connectivity index (χ3v) is 3.26. The second-order valence-electron chi connectivity index (χ2n) is 6.35. The van der Waals surface area contributed by atoms with Crippen LogP contribution in [-0.2, 0) is 4.74 Å². The Kier molecular flexibility index (Phi) is 4.55. The lowest BCUT2D eigenvalue weighted by molar-refractivity contribution is 0.0500. The summed E-state index contributed by atoms with van der Waals surface area (Å²) in [7, 11) is 0. The molecular formula is C15H24N4O2. The van der Waals surface area contributed by atoms with Crippen molar-refractivity contribution in [2.24, 2.45) is 0 Å². The monoisotopic (exact) mass is 292 g/mol. The number of piperidine rings is 1. The summed E-state index contributed by atoms with van der Waals surface area (Å²) in [6.07, 6.45) is 3.28. The molecule has 0 radical (unpaired) electrons. The summed E-state index contributed by atoms with van der Waals surface area (Å²) in [6.45, 7) is 7.16. The standard InChI is InChI=1S/C15H24N4O2/c1-15(2,3)21-14(20)18-11-6-5-9-19(10-11)13-12(16)7-4-8-17-13/h4,7-8,11H,5-6,9-10,16H2,1-3H3,(H,18,20)/t11-/m1/s1. The fraction of sp³-hybridized carbons (Fsp3) is 0.600. The molecule has 0 bridgehead atoms. The van der Waals surface area contributed by atoms with Crippen LogP contribution in [0.5, 0.6) is 0 Å². The fourth-order valence-electron chi connectivity index (χ4n) is 2.44. The van der Waals surface area contributed by atoms with Gasteiger partial charge in [0.05, 0.1) is 5.69 Å². The molecule has 1 amide bonds. The van der Waals surface area contributed by atoms with Crippen LogP contribution in [-0.4, -0.2) is 35.8 Å². The maximum atomic E-state index is 11.8. The van der Waals surface area contributed by atoms with E-state index in [-0.39, 0.29) is 12.1 Å². The van der Waals surface area contributed by atoms with Crippen LogP contribution < -0.4 is 16.0 Å². The maximum Gasteiger partial charge on any atom is 0.407 e. The molecular weight excluding hydrogens is 268 g/mol. The van der Waals surface area contributed by atoms with Crippen molar-refractivity contribution in [1.82, 2.24) is 10.3 Å². The zero-order valence-electron chi connectivity index (χ0n) is 12.9. The first-order valence-corrected chi connectivity index (χ1v) is 7.30. The summed E-state index contributed by atoms with van der Waals surface area (Å²) in [5, 5.41) is 2.92. The number of anilines is 2. The predicted octanol–water partition coefficient (Wildman–Crippen LogP) is 2.16. The number of hydrogen-bond acceptors (Lipinski definition) is 5. The first-order chi connectivity index (χ1) is 9.85. The first kappa shape index (κ1) is 15.4. The van der Waals surface area contributed by atoms with Crippen molar-refractivity contribution in [3.05, 3.63) is 18.3 Å². The fourth-order valence-corrected chi connectivity index (χ4v) is 2.44. The van der Waals surface area contributed by atoms with Crippen molar-refractivity contribution < 1.29 is 9.53 Å². The van der Waals surface area contributed by atoms with Gasteiger partial charge < -0.3 is 20.7 Å². The number of hydrogen-bond donors (Lipinski definition) is 2. The number of nitrogens with two attached hydrogens (primary N) is 1. The van der Waals surface area contributed by atoms with Gasteiger partial charge in [-0.2, -0.15) is 0 Å². The van der Waals surface area contributed by atoms with Crippen LogP contribution in [0.1, 0.15) is 33.6 Å². The third kappa shape index (κ3) is 4.51. The predicted molar refractivity (Wildman–Crippen MR) is 83.3 cm³/mol. The zero-order chi connectivity index (χ0) is 15.5. The molecule has 116 valence electrons. The molecule has 21 heavy (non-hydrogen) atoms. The van der Waals surface area contributed by atoms with E-state index < -0.39 is 5.60 Å². The van der Waals surface area contributed by atoms with E-state index in [0.717, 1.165) is 25.2 Å². The molecule has 1 aliphatic heterocycles. The zero-order valence-corrected chi connectivity index (χ0v) is 12.9. The van der Waals surface area contributed by atoms with E-state index in [9.17, 15) is 4.79 Å². The van der Waals surface area contributed by atoms with Crippen molar-refractivity contribution in [3.63, 3.8) is 0 Å². The van der Waals surface area contributed by atoms with E-state index in [1.165, 1.54) is 0 Å². The van der Waals surface area contributed by atoms with Gasteiger partial charge in [-0.15, -0.1) is 0 Å². The summed E-state index contributed by atoms with van der Waals surface area (Å²) in [5.41, 5.74) is 6.15. The van der Waals surface area contributed by atoms with E-state index in [1.807, 2.05) is 32.9 Å². The van der Waals surface area contributed by atoms with Gasteiger partial charge in [-0.05, 0) is 45.7 Å². The largest absolute Gasteiger partial charge is 0.444 e. The molecule has 0 aromatic carbocycles. The normalized spacial score (nSPS) is 19.2. The van der Waals surface area contributed by atoms with Gasteiger partial charge in [-0.3, -0.25) is 0 Å². The third-order valence-electron chi connectivity index (χ3n) is 3.26. The number of aromatic nitrogens is 1. The summed E-state index contributed by atoms with van der Waals surface area (Å²) < 4.78 is 5.30. The van der Waals surface area contributed by atoms with Crippen molar-refractivity contribution in [2.45, 2.75) is 45.3 Å². The van der Waals surface area contributed by atoms with E-state index in [0.29, 0.717) is 12.2 Å². The highest BCUT2D eigenvalue weighted by molar-refractivity contribution is 5.68. The van der Waals surface area contributed by atoms with Crippen LogP contribution in [0.25, 0.3) is 0 Å². The number of nitrogens with zero attached hydrogens (tertiary/aromatic N) is 2. The molecule has 6 nitrogen and oxygen atoms in total. The molecule has 1 saturated heterocycles. The Hall–Kier alpha value is -1.98. The number of ether oxygens (including phenoxy) is 1. The number of carbonyl (C=O) groups is 1. The van der Waals surface area contributed by atoms with Crippen molar-refractivity contribution in [2.75, 3.05) is 23.7 Å². The van der Waals surface area contributed by atoms with Gasteiger partial charge in [-0.25, -0.2) is 9.78 Å². The minimum Gasteiger partial charge on any atom is -0.444 e. The van der Waals surface area contributed by atoms with Gasteiger partial charge in [0, 0.05) is 25.3 Å². The molecule has 2 heterocycles. The molecule has 1 fully saturated rings. The molecule has 0 spiro atoms. The van der Waals surface area contributed by atoms with Gasteiger partial charge in [0.15, 0.2) is 5.82 Å². The Balaban J connectivity index is 1.95. The highest BCUT2D eigenvalue weighted by atomic mass is 16.6. The van der Waals surface area contributed by atoms with Gasteiger partial charge in [0.2, 0.25) is 0 Å². The van der Waals surface area contributed by atoms with E-state index >= 15 is 0 Å². The van der Waals surface area contributed by atoms with E-state index in [2.05, 4.69) is 15.2 Å². The number of alkyl carbamates (subject to hydrolysis) is 1. The lowest BCUT2D eigenvalue weighted by atomic mass is 10.1. The van der Waals surface area contributed by atoms with Crippen LogP contribution in [0.2, 0.25) is 0 Å². The van der Waals surface area contributed by atoms with Crippen LogP contribution in [0.4, 0.5) is 16.3 Å². The van der Waals surface area contributed by atoms with Gasteiger partial charge in [0.1, 0.15) is 5.60 Å². The first-order valence-electron chi connectivity index (χ1n) is 7.30. The number of nitrogen functional groups attached to an aromatic ring is 1. The van der Waals surface area contributed by atoms with E-state index in [4.69, 9.17) is 10.5 Å². The van der Waals surface area contributed by atoms with Gasteiger partial charge >= 0.3 is 6.09 Å². The average Bonchev–Trinajstić information content (AvgIpc) is 2.37. The number of carbonyl (C=O) groups excluding carboxylic acids is 1. The lowest BCUT2D eigenvalue weighted by Crippen LogP contribution is -2.49. The Labute approximate surface area is 125 Å². The summed E-state index contributed by atoms with van der Waals surface area (Å²) in [4.78, 5) is 18.3. The van der Waals surface area contributed by atoms with Crippen molar-refractivity contribution in [3.8, 4) is 0 Å². The number of pyridine rings is 1. The van der Waals surface area contributed by atoms with Crippen LogP contribution in [0, 0.1) is 0 Å². The Morgan fingerprint density at radius 3 is 2.95 bits per heavy atom. The molecule has 0 aliphatic carbocycles. The van der Waals surface area contributed by atoms with E-state index in [1.54, 1.807) is 6.20 Å². The lowest BCUT2D eigenvalue weighted by Gasteiger charge is -2.34. The minimum absolute atomic E-state index is 0.0509. The topological polar surface area (TPSA) is 80.5 Å². The number of amides is 1. The molecule has 1 aliphatic rings. The Bertz CT molecular complexity index is 499. The highest BCUT2D eigenvalue weighted by Crippen LogP contribution is 2.23. The maximum absolute atomic E-state index is 11.8. The molecule has 0 saturated carbocycles. The molecule has 1 aromatic rings. The summed E-state index contributed by atoms with van der Waals surface area (Å²) in [5.74, 6) is 0.785. The minimum atomic E-state index is -0.482. The summed E-state index contributed by atoms with van der Waals surface area (Å²) in [6, 6.07) is 3.71. The second-order valence-corrected chi connectivity index (χ2v) is 6.35. The van der Waals surface area contributed by atoms with Crippen LogP contribution in [0.3, 0.4) is 0 Å². The molecule has 0 unspecified atom stereocenters. The van der Waals surface area contributed by atoms with Gasteiger partial charge in [0.25, 0.3) is 0 Å². The molecule has 3 N–H and O–H groups in total. The quantitative estimate of drug-likeness (QED) is 0.873. The van der Waals surface area contributed by atoms with Crippen LogP contribution in [0.15, 0.2) is 18.3 Å².